The molecule has 0 saturated carbocycles. The molecule has 7 nitrogen and oxygen atoms in total. The predicted molar refractivity (Wildman–Crippen MR) is 95.8 cm³/mol. The Labute approximate surface area is 148 Å². The van der Waals surface area contributed by atoms with Crippen LogP contribution in [0.25, 0.3) is 0 Å². The predicted octanol–water partition coefficient (Wildman–Crippen LogP) is 1.17. The number of nitrogens with one attached hydrogen (secondary N) is 2. The molecule has 0 aliphatic carbocycles. The summed E-state index contributed by atoms with van der Waals surface area (Å²) in [7, 11) is 3.18. The number of benzene rings is 1. The Morgan fingerprint density at radius 2 is 2.12 bits per heavy atom. The van der Waals surface area contributed by atoms with Crippen molar-refractivity contribution in [2.24, 2.45) is 0 Å². The smallest absolute Gasteiger partial charge is 0.247 e. The fourth-order valence-corrected chi connectivity index (χ4v) is 2.94. The topological polar surface area (TPSA) is 79.9 Å². The highest BCUT2D eigenvalue weighted by molar-refractivity contribution is 5.98. The van der Waals surface area contributed by atoms with Crippen molar-refractivity contribution in [3.05, 3.63) is 23.8 Å². The summed E-state index contributed by atoms with van der Waals surface area (Å²) in [5.74, 6) is 0.368. The van der Waals surface area contributed by atoms with Crippen LogP contribution in [0.2, 0.25) is 0 Å². The van der Waals surface area contributed by atoms with Crippen LogP contribution in [0.5, 0.6) is 5.75 Å². The Bertz CT molecular complexity index is 606. The Balaban J connectivity index is 1.98. The quantitative estimate of drug-likeness (QED) is 0.689. The van der Waals surface area contributed by atoms with Crippen molar-refractivity contribution in [3.8, 4) is 5.75 Å². The molecule has 1 atom stereocenters. The van der Waals surface area contributed by atoms with Gasteiger partial charge in [-0.2, -0.15) is 0 Å². The van der Waals surface area contributed by atoms with Crippen LogP contribution >= 0.6 is 0 Å². The van der Waals surface area contributed by atoms with E-state index in [0.717, 1.165) is 12.0 Å². The van der Waals surface area contributed by atoms with E-state index in [9.17, 15) is 9.59 Å². The number of carbonyl (C=O) groups excluding carboxylic acids is 2. The summed E-state index contributed by atoms with van der Waals surface area (Å²) in [4.78, 5) is 26.7. The second-order valence-electron chi connectivity index (χ2n) is 6.11. The lowest BCUT2D eigenvalue weighted by Gasteiger charge is -2.24. The van der Waals surface area contributed by atoms with Crippen LogP contribution in [0.15, 0.2) is 18.2 Å². The van der Waals surface area contributed by atoms with Crippen molar-refractivity contribution in [1.82, 2.24) is 10.2 Å². The van der Waals surface area contributed by atoms with Gasteiger partial charge in [-0.1, -0.05) is 6.07 Å². The van der Waals surface area contributed by atoms with Gasteiger partial charge < -0.3 is 25.0 Å². The Kier molecular flexibility index (Phi) is 7.21. The number of aryl methyl sites for hydroxylation is 1. The molecule has 25 heavy (non-hydrogen) atoms. The Hall–Kier alpha value is -2.12. The van der Waals surface area contributed by atoms with E-state index < -0.39 is 6.04 Å². The first-order chi connectivity index (χ1) is 12.1. The lowest BCUT2D eigenvalue weighted by atomic mass is 10.1. The summed E-state index contributed by atoms with van der Waals surface area (Å²) in [5, 5.41) is 5.94. The molecular formula is C18H27N3O4. The summed E-state index contributed by atoms with van der Waals surface area (Å²) < 4.78 is 10.2. The highest BCUT2D eigenvalue weighted by Gasteiger charge is 2.34. The molecule has 1 saturated heterocycles. The number of ether oxygens (including phenoxy) is 2. The van der Waals surface area contributed by atoms with Gasteiger partial charge in [0, 0.05) is 20.2 Å². The molecule has 2 N–H and O–H groups in total. The van der Waals surface area contributed by atoms with Gasteiger partial charge in [0.1, 0.15) is 11.8 Å². The molecule has 0 spiro atoms. The van der Waals surface area contributed by atoms with Gasteiger partial charge >= 0.3 is 0 Å². The van der Waals surface area contributed by atoms with E-state index in [1.807, 2.05) is 25.1 Å². The number of carbonyl (C=O) groups is 2. The second-order valence-corrected chi connectivity index (χ2v) is 6.11. The SMILES string of the molecule is COCCNCC(=O)N1CCCC1C(=O)Nc1cc(C)ccc1OC. The van der Waals surface area contributed by atoms with Gasteiger partial charge in [0.2, 0.25) is 11.8 Å². The van der Waals surface area contributed by atoms with E-state index in [1.54, 1.807) is 19.1 Å². The Morgan fingerprint density at radius 3 is 2.84 bits per heavy atom. The molecule has 1 unspecified atom stereocenters. The normalized spacial score (nSPS) is 16.8. The van der Waals surface area contributed by atoms with Gasteiger partial charge in [-0.05, 0) is 37.5 Å². The molecule has 138 valence electrons. The summed E-state index contributed by atoms with van der Waals surface area (Å²) in [6, 6.07) is 5.17. The van der Waals surface area contributed by atoms with Crippen molar-refractivity contribution in [3.63, 3.8) is 0 Å². The number of likely N-dealkylation sites (tertiary alicyclic amines) is 1. The van der Waals surface area contributed by atoms with Crippen LogP contribution < -0.4 is 15.4 Å². The summed E-state index contributed by atoms with van der Waals surface area (Å²) in [6.07, 6.45) is 1.50. The first-order valence-corrected chi connectivity index (χ1v) is 8.51. The maximum atomic E-state index is 12.7. The van der Waals surface area contributed by atoms with Crippen LogP contribution in [0.1, 0.15) is 18.4 Å². The van der Waals surface area contributed by atoms with Gasteiger partial charge in [-0.3, -0.25) is 9.59 Å². The van der Waals surface area contributed by atoms with Gasteiger partial charge in [0.05, 0.1) is 25.9 Å². The number of hydrogen-bond donors (Lipinski definition) is 2. The fourth-order valence-electron chi connectivity index (χ4n) is 2.94. The molecular weight excluding hydrogens is 322 g/mol. The number of hydrogen-bond acceptors (Lipinski definition) is 5. The van der Waals surface area contributed by atoms with Crippen LogP contribution in [0, 0.1) is 6.92 Å². The molecule has 0 bridgehead atoms. The average molecular weight is 349 g/mol. The van der Waals surface area contributed by atoms with E-state index >= 15 is 0 Å². The van der Waals surface area contributed by atoms with Crippen molar-refractivity contribution >= 4 is 17.5 Å². The minimum atomic E-state index is -0.443. The number of anilines is 1. The van der Waals surface area contributed by atoms with Gasteiger partial charge in [0.15, 0.2) is 0 Å². The minimum absolute atomic E-state index is 0.0649. The molecule has 7 heteroatoms. The number of amides is 2. The molecule has 0 radical (unpaired) electrons. The molecule has 2 amide bonds. The number of methoxy groups -OCH3 is 2. The van der Waals surface area contributed by atoms with Crippen molar-refractivity contribution in [1.29, 1.82) is 0 Å². The number of rotatable bonds is 8. The molecule has 0 aromatic heterocycles. The van der Waals surface area contributed by atoms with Crippen LogP contribution in [-0.2, 0) is 14.3 Å². The van der Waals surface area contributed by atoms with Crippen LogP contribution in [-0.4, -0.2) is 63.2 Å². The molecule has 1 heterocycles. The van der Waals surface area contributed by atoms with E-state index in [2.05, 4.69) is 10.6 Å². The molecule has 2 rings (SSSR count). The highest BCUT2D eigenvalue weighted by atomic mass is 16.5. The lowest BCUT2D eigenvalue weighted by Crippen LogP contribution is -2.46. The fraction of sp³-hybridized carbons (Fsp3) is 0.556. The maximum absolute atomic E-state index is 12.7. The lowest BCUT2D eigenvalue weighted by molar-refractivity contribution is -0.135. The van der Waals surface area contributed by atoms with E-state index in [-0.39, 0.29) is 18.4 Å². The van der Waals surface area contributed by atoms with Gasteiger partial charge in [0.25, 0.3) is 0 Å². The Morgan fingerprint density at radius 1 is 1.32 bits per heavy atom. The minimum Gasteiger partial charge on any atom is -0.495 e. The summed E-state index contributed by atoms with van der Waals surface area (Å²) in [6.45, 7) is 3.92. The third kappa shape index (κ3) is 5.17. The summed E-state index contributed by atoms with van der Waals surface area (Å²) >= 11 is 0. The first kappa shape index (κ1) is 19.2. The zero-order valence-corrected chi connectivity index (χ0v) is 15.1. The molecule has 1 aliphatic rings. The zero-order chi connectivity index (χ0) is 18.2. The van der Waals surface area contributed by atoms with E-state index in [0.29, 0.717) is 37.6 Å². The van der Waals surface area contributed by atoms with Crippen LogP contribution in [0.4, 0.5) is 5.69 Å². The zero-order valence-electron chi connectivity index (χ0n) is 15.1. The van der Waals surface area contributed by atoms with Crippen LogP contribution in [0.3, 0.4) is 0 Å². The van der Waals surface area contributed by atoms with Crippen molar-refractivity contribution in [2.45, 2.75) is 25.8 Å². The maximum Gasteiger partial charge on any atom is 0.247 e. The van der Waals surface area contributed by atoms with Crippen molar-refractivity contribution < 1.29 is 19.1 Å². The molecule has 1 aliphatic heterocycles. The highest BCUT2D eigenvalue weighted by Crippen LogP contribution is 2.27. The monoisotopic (exact) mass is 349 g/mol. The van der Waals surface area contributed by atoms with Gasteiger partial charge in [-0.25, -0.2) is 0 Å². The van der Waals surface area contributed by atoms with Crippen molar-refractivity contribution in [2.75, 3.05) is 45.8 Å². The largest absolute Gasteiger partial charge is 0.495 e. The van der Waals surface area contributed by atoms with E-state index in [1.165, 1.54) is 0 Å². The molecule has 1 fully saturated rings. The van der Waals surface area contributed by atoms with E-state index in [4.69, 9.17) is 9.47 Å². The third-order valence-corrected chi connectivity index (χ3v) is 4.25. The molecule has 1 aromatic carbocycles. The molecule has 1 aromatic rings. The summed E-state index contributed by atoms with van der Waals surface area (Å²) in [5.41, 5.74) is 1.66. The third-order valence-electron chi connectivity index (χ3n) is 4.25. The average Bonchev–Trinajstić information content (AvgIpc) is 3.09. The van der Waals surface area contributed by atoms with Gasteiger partial charge in [-0.15, -0.1) is 0 Å². The number of nitrogens with zero attached hydrogens (tertiary/aromatic N) is 1. The first-order valence-electron chi connectivity index (χ1n) is 8.51. The standard InChI is InChI=1S/C18H27N3O4/c1-13-6-7-16(25-3)14(11-13)20-18(23)15-5-4-9-21(15)17(22)12-19-8-10-24-2/h6-7,11,15,19H,4-5,8-10,12H2,1-3H3,(H,20,23). The second kappa shape index (κ2) is 9.39.